The number of pyridine rings is 1. The number of rotatable bonds is 6. The summed E-state index contributed by atoms with van der Waals surface area (Å²) in [4.78, 5) is 7.10. The first kappa shape index (κ1) is 14.0. The lowest BCUT2D eigenvalue weighted by Gasteiger charge is -2.11. The molecule has 0 saturated heterocycles. The number of H-pyrrole nitrogens is 1. The maximum absolute atomic E-state index is 12.2. The molecule has 2 aromatic heterocycles. The molecule has 0 aliphatic heterocycles. The van der Waals surface area contributed by atoms with Gasteiger partial charge in [0.25, 0.3) is 0 Å². The van der Waals surface area contributed by atoms with Gasteiger partial charge < -0.3 is 10.1 Å². The van der Waals surface area contributed by atoms with Crippen LogP contribution in [0.25, 0.3) is 11.0 Å². The third kappa shape index (κ3) is 3.12. The van der Waals surface area contributed by atoms with E-state index in [1.165, 1.54) is 6.20 Å². The molecule has 0 amide bonds. The summed E-state index contributed by atoms with van der Waals surface area (Å²) in [5.41, 5.74) is 0.547. The van der Waals surface area contributed by atoms with Gasteiger partial charge in [-0.25, -0.2) is 18.1 Å². The number of aromatic nitrogens is 2. The van der Waals surface area contributed by atoms with Crippen molar-refractivity contribution in [3.63, 3.8) is 0 Å². The van der Waals surface area contributed by atoms with Crippen molar-refractivity contribution in [3.8, 4) is 0 Å². The van der Waals surface area contributed by atoms with Gasteiger partial charge in [-0.3, -0.25) is 0 Å². The number of nitrogens with zero attached hydrogens (tertiary/aromatic N) is 1. The molecule has 19 heavy (non-hydrogen) atoms. The van der Waals surface area contributed by atoms with Crippen LogP contribution in [0.4, 0.5) is 0 Å². The van der Waals surface area contributed by atoms with Gasteiger partial charge in [0.05, 0.1) is 0 Å². The summed E-state index contributed by atoms with van der Waals surface area (Å²) < 4.78 is 26.9. The Morgan fingerprint density at radius 1 is 1.53 bits per heavy atom. The van der Waals surface area contributed by atoms with Gasteiger partial charge in [0, 0.05) is 30.9 Å². The molecule has 0 spiro atoms. The fraction of sp³-hybridized carbons (Fsp3) is 0.417. The van der Waals surface area contributed by atoms with E-state index in [9.17, 15) is 8.42 Å². The Hall–Kier alpha value is -1.44. The number of aliphatic hydroxyl groups is 1. The number of fused-ring (bicyclic) bond motifs is 1. The molecular formula is C12H17N3O3S. The molecule has 7 heteroatoms. The highest BCUT2D eigenvalue weighted by Crippen LogP contribution is 2.20. The Labute approximate surface area is 111 Å². The average Bonchev–Trinajstić information content (AvgIpc) is 2.81. The summed E-state index contributed by atoms with van der Waals surface area (Å²) in [5, 5.41) is 9.37. The van der Waals surface area contributed by atoms with Crippen LogP contribution in [-0.2, 0) is 10.0 Å². The fourth-order valence-corrected chi connectivity index (χ4v) is 3.13. The zero-order chi connectivity index (χ0) is 13.9. The van der Waals surface area contributed by atoms with Crippen LogP contribution in [0, 0.1) is 5.92 Å². The highest BCUT2D eigenvalue weighted by Gasteiger charge is 2.19. The van der Waals surface area contributed by atoms with Gasteiger partial charge in [0.15, 0.2) is 0 Å². The monoisotopic (exact) mass is 283 g/mol. The van der Waals surface area contributed by atoms with Gasteiger partial charge in [-0.2, -0.15) is 0 Å². The van der Waals surface area contributed by atoms with Gasteiger partial charge in [-0.1, -0.05) is 6.92 Å². The smallest absolute Gasteiger partial charge is 0.242 e. The molecule has 3 N–H and O–H groups in total. The van der Waals surface area contributed by atoms with E-state index in [-0.39, 0.29) is 17.4 Å². The largest absolute Gasteiger partial charge is 0.396 e. The molecule has 6 nitrogen and oxygen atoms in total. The molecule has 0 aliphatic rings. The van der Waals surface area contributed by atoms with Crippen molar-refractivity contribution in [3.05, 3.63) is 24.5 Å². The van der Waals surface area contributed by atoms with Crippen molar-refractivity contribution in [2.75, 3.05) is 13.2 Å². The molecule has 0 aromatic carbocycles. The molecule has 0 radical (unpaired) electrons. The Kier molecular flexibility index (Phi) is 4.18. The second-order valence-corrected chi connectivity index (χ2v) is 6.26. The van der Waals surface area contributed by atoms with Gasteiger partial charge in [0.2, 0.25) is 10.0 Å². The molecular weight excluding hydrogens is 266 g/mol. The molecule has 0 aliphatic carbocycles. The third-order valence-electron chi connectivity index (χ3n) is 2.95. The van der Waals surface area contributed by atoms with E-state index in [1.54, 1.807) is 18.3 Å². The van der Waals surface area contributed by atoms with Crippen LogP contribution in [0.1, 0.15) is 13.3 Å². The molecule has 1 atom stereocenters. The van der Waals surface area contributed by atoms with Crippen LogP contribution in [0.2, 0.25) is 0 Å². The Morgan fingerprint density at radius 3 is 3.05 bits per heavy atom. The van der Waals surface area contributed by atoms with Crippen molar-refractivity contribution < 1.29 is 13.5 Å². The second-order valence-electron chi connectivity index (χ2n) is 4.52. The molecule has 104 valence electrons. The summed E-state index contributed by atoms with van der Waals surface area (Å²) in [6, 6.07) is 3.41. The minimum absolute atomic E-state index is 0.0555. The number of aliphatic hydroxyl groups excluding tert-OH is 1. The average molecular weight is 283 g/mol. The van der Waals surface area contributed by atoms with Gasteiger partial charge >= 0.3 is 0 Å². The summed E-state index contributed by atoms with van der Waals surface area (Å²) in [5.74, 6) is 0.0862. The summed E-state index contributed by atoms with van der Waals surface area (Å²) in [6.45, 7) is 2.24. The van der Waals surface area contributed by atoms with Gasteiger partial charge in [0.1, 0.15) is 10.5 Å². The zero-order valence-electron chi connectivity index (χ0n) is 10.6. The number of nitrogens with one attached hydrogen (secondary N) is 2. The summed E-state index contributed by atoms with van der Waals surface area (Å²) >= 11 is 0. The SMILES string of the molecule is CC(CCO)CNS(=O)(=O)c1c[nH]c2ncccc12. The van der Waals surface area contributed by atoms with Crippen molar-refractivity contribution >= 4 is 21.1 Å². The standard InChI is InChI=1S/C12H17N3O3S/c1-9(4-6-16)7-15-19(17,18)11-8-14-12-10(11)3-2-5-13-12/h2-3,5,8-9,15-16H,4,6-7H2,1H3,(H,13,14). The molecule has 2 heterocycles. The van der Waals surface area contributed by atoms with E-state index in [1.807, 2.05) is 6.92 Å². The van der Waals surface area contributed by atoms with Crippen LogP contribution in [0.5, 0.6) is 0 Å². The highest BCUT2D eigenvalue weighted by molar-refractivity contribution is 7.89. The molecule has 1 unspecified atom stereocenters. The summed E-state index contributed by atoms with van der Waals surface area (Å²) in [6.07, 6.45) is 3.61. The zero-order valence-corrected chi connectivity index (χ0v) is 11.4. The topological polar surface area (TPSA) is 95.1 Å². The number of hydrogen-bond acceptors (Lipinski definition) is 4. The lowest BCUT2D eigenvalue weighted by atomic mass is 10.1. The molecule has 0 saturated carbocycles. The van der Waals surface area contributed by atoms with Crippen LogP contribution >= 0.6 is 0 Å². The van der Waals surface area contributed by atoms with Gasteiger partial charge in [-0.05, 0) is 24.5 Å². The second kappa shape index (κ2) is 5.68. The van der Waals surface area contributed by atoms with Crippen molar-refractivity contribution in [2.24, 2.45) is 5.92 Å². The lowest BCUT2D eigenvalue weighted by Crippen LogP contribution is -2.28. The van der Waals surface area contributed by atoms with Crippen LogP contribution in [0.3, 0.4) is 0 Å². The minimum atomic E-state index is -3.56. The predicted octanol–water partition coefficient (Wildman–Crippen LogP) is 0.860. The van der Waals surface area contributed by atoms with Crippen LogP contribution < -0.4 is 4.72 Å². The maximum Gasteiger partial charge on any atom is 0.242 e. The van der Waals surface area contributed by atoms with E-state index >= 15 is 0 Å². The van der Waals surface area contributed by atoms with Crippen LogP contribution in [0.15, 0.2) is 29.4 Å². The predicted molar refractivity (Wildman–Crippen MR) is 72.1 cm³/mol. The van der Waals surface area contributed by atoms with Crippen molar-refractivity contribution in [2.45, 2.75) is 18.2 Å². The minimum Gasteiger partial charge on any atom is -0.396 e. The normalized spacial score (nSPS) is 13.8. The first-order valence-electron chi connectivity index (χ1n) is 6.07. The van der Waals surface area contributed by atoms with Crippen molar-refractivity contribution in [1.82, 2.24) is 14.7 Å². The van der Waals surface area contributed by atoms with Crippen molar-refractivity contribution in [1.29, 1.82) is 0 Å². The van der Waals surface area contributed by atoms with Crippen LogP contribution in [-0.4, -0.2) is 36.6 Å². The van der Waals surface area contributed by atoms with E-state index in [0.717, 1.165) is 0 Å². The molecule has 2 rings (SSSR count). The first-order valence-corrected chi connectivity index (χ1v) is 7.55. The third-order valence-corrected chi connectivity index (χ3v) is 4.41. The Bertz CT molecular complexity index is 651. The lowest BCUT2D eigenvalue weighted by molar-refractivity contribution is 0.263. The van der Waals surface area contributed by atoms with E-state index in [0.29, 0.717) is 24.0 Å². The molecule has 0 fully saturated rings. The molecule has 2 aromatic rings. The van der Waals surface area contributed by atoms with E-state index in [4.69, 9.17) is 5.11 Å². The summed E-state index contributed by atoms with van der Waals surface area (Å²) in [7, 11) is -3.56. The van der Waals surface area contributed by atoms with E-state index in [2.05, 4.69) is 14.7 Å². The number of sulfonamides is 1. The number of hydrogen-bond donors (Lipinski definition) is 3. The Balaban J connectivity index is 2.20. The van der Waals surface area contributed by atoms with Gasteiger partial charge in [-0.15, -0.1) is 0 Å². The Morgan fingerprint density at radius 2 is 2.32 bits per heavy atom. The highest BCUT2D eigenvalue weighted by atomic mass is 32.2. The quantitative estimate of drug-likeness (QED) is 0.732. The first-order chi connectivity index (χ1) is 9.04. The fourth-order valence-electron chi connectivity index (χ4n) is 1.81. The molecule has 0 bridgehead atoms. The maximum atomic E-state index is 12.2. The van der Waals surface area contributed by atoms with E-state index < -0.39 is 10.0 Å². The number of aromatic amines is 1.